The summed E-state index contributed by atoms with van der Waals surface area (Å²) in [4.78, 5) is 10.2. The molecule has 1 fully saturated rings. The molecule has 11 heavy (non-hydrogen) atoms. The van der Waals surface area contributed by atoms with Crippen LogP contribution in [0, 0.1) is 0 Å². The summed E-state index contributed by atoms with van der Waals surface area (Å²) in [6.07, 6.45) is 4.72. The first-order chi connectivity index (χ1) is 5.29. The summed E-state index contributed by atoms with van der Waals surface area (Å²) in [5.41, 5.74) is 0. The van der Waals surface area contributed by atoms with E-state index in [9.17, 15) is 4.79 Å². The third-order valence-electron chi connectivity index (χ3n) is 2.12. The van der Waals surface area contributed by atoms with Gasteiger partial charge in [0.2, 0.25) is 0 Å². The average molecular weight is 157 g/mol. The molecule has 0 saturated carbocycles. The van der Waals surface area contributed by atoms with E-state index in [-0.39, 0.29) is 0 Å². The van der Waals surface area contributed by atoms with Crippen LogP contribution in [0.2, 0.25) is 0 Å². The van der Waals surface area contributed by atoms with Crippen LogP contribution in [0.4, 0.5) is 0 Å². The quantitative estimate of drug-likeness (QED) is 0.642. The Balaban J connectivity index is 2.09. The Hall–Kier alpha value is -0.570. The third kappa shape index (κ3) is 3.37. The second-order valence-corrected chi connectivity index (χ2v) is 3.08. The number of piperidine rings is 1. The fourth-order valence-electron chi connectivity index (χ4n) is 1.47. The Morgan fingerprint density at radius 2 is 2.36 bits per heavy atom. The largest absolute Gasteiger partial charge is 0.481 e. The lowest BCUT2D eigenvalue weighted by Gasteiger charge is -2.22. The first-order valence-corrected chi connectivity index (χ1v) is 4.24. The molecular formula is C8H15NO2. The summed E-state index contributed by atoms with van der Waals surface area (Å²) in [6, 6.07) is 0.458. The number of carboxylic acid groups (broad SMARTS) is 1. The van der Waals surface area contributed by atoms with Gasteiger partial charge in [-0.1, -0.05) is 6.42 Å². The summed E-state index contributed by atoms with van der Waals surface area (Å²) in [6.45, 7) is 1.06. The maximum Gasteiger partial charge on any atom is 0.303 e. The lowest BCUT2D eigenvalue weighted by molar-refractivity contribution is -0.137. The molecule has 1 heterocycles. The van der Waals surface area contributed by atoms with Crippen LogP contribution >= 0.6 is 0 Å². The van der Waals surface area contributed by atoms with Crippen LogP contribution in [0.25, 0.3) is 0 Å². The van der Waals surface area contributed by atoms with Crippen molar-refractivity contribution in [1.82, 2.24) is 5.32 Å². The zero-order chi connectivity index (χ0) is 8.10. The molecule has 1 atom stereocenters. The van der Waals surface area contributed by atoms with Gasteiger partial charge in [-0.05, 0) is 25.8 Å². The number of carbonyl (C=O) groups is 1. The van der Waals surface area contributed by atoms with E-state index in [1.807, 2.05) is 0 Å². The van der Waals surface area contributed by atoms with Crippen LogP contribution < -0.4 is 5.32 Å². The molecule has 0 radical (unpaired) electrons. The Bertz CT molecular complexity index is 130. The van der Waals surface area contributed by atoms with Crippen molar-refractivity contribution < 1.29 is 9.90 Å². The first kappa shape index (κ1) is 8.53. The van der Waals surface area contributed by atoms with Crippen molar-refractivity contribution in [2.45, 2.75) is 38.1 Å². The molecule has 64 valence electrons. The van der Waals surface area contributed by atoms with E-state index in [1.165, 1.54) is 12.8 Å². The molecule has 0 unspecified atom stereocenters. The number of hydrogen-bond acceptors (Lipinski definition) is 2. The van der Waals surface area contributed by atoms with Crippen molar-refractivity contribution in [2.24, 2.45) is 0 Å². The van der Waals surface area contributed by atoms with Gasteiger partial charge in [-0.15, -0.1) is 0 Å². The molecule has 3 heteroatoms. The average Bonchev–Trinajstić information content (AvgIpc) is 2.03. The standard InChI is InChI=1S/C8H15NO2/c10-8(11)5-4-7-3-1-2-6-9-7/h7,9H,1-6H2,(H,10,11)/t7-/m1/s1. The Labute approximate surface area is 66.8 Å². The Kier molecular flexibility index (Phi) is 3.36. The van der Waals surface area contributed by atoms with Crippen LogP contribution in [0.1, 0.15) is 32.1 Å². The molecule has 2 N–H and O–H groups in total. The van der Waals surface area contributed by atoms with E-state index in [4.69, 9.17) is 5.11 Å². The lowest BCUT2D eigenvalue weighted by Crippen LogP contribution is -2.34. The first-order valence-electron chi connectivity index (χ1n) is 4.24. The van der Waals surface area contributed by atoms with Crippen LogP contribution in [0.5, 0.6) is 0 Å². The zero-order valence-electron chi connectivity index (χ0n) is 6.68. The minimum Gasteiger partial charge on any atom is -0.481 e. The Morgan fingerprint density at radius 3 is 2.91 bits per heavy atom. The van der Waals surface area contributed by atoms with Gasteiger partial charge in [0.1, 0.15) is 0 Å². The topological polar surface area (TPSA) is 49.3 Å². The predicted molar refractivity (Wildman–Crippen MR) is 42.5 cm³/mol. The molecule has 1 aliphatic heterocycles. The van der Waals surface area contributed by atoms with Crippen molar-refractivity contribution in [3.05, 3.63) is 0 Å². The van der Waals surface area contributed by atoms with E-state index < -0.39 is 5.97 Å². The third-order valence-corrected chi connectivity index (χ3v) is 2.12. The van der Waals surface area contributed by atoms with E-state index in [2.05, 4.69) is 5.32 Å². The fourth-order valence-corrected chi connectivity index (χ4v) is 1.47. The molecule has 3 nitrogen and oxygen atoms in total. The minimum atomic E-state index is -0.683. The molecule has 0 spiro atoms. The van der Waals surface area contributed by atoms with Crippen LogP contribution in [-0.4, -0.2) is 23.7 Å². The van der Waals surface area contributed by atoms with Gasteiger partial charge in [0, 0.05) is 12.5 Å². The molecule has 0 aliphatic carbocycles. The molecule has 0 aromatic heterocycles. The monoisotopic (exact) mass is 157 g/mol. The van der Waals surface area contributed by atoms with E-state index >= 15 is 0 Å². The smallest absolute Gasteiger partial charge is 0.303 e. The van der Waals surface area contributed by atoms with Crippen LogP contribution in [0.15, 0.2) is 0 Å². The highest BCUT2D eigenvalue weighted by molar-refractivity contribution is 5.66. The summed E-state index contributed by atoms with van der Waals surface area (Å²) in [5, 5.41) is 11.7. The summed E-state index contributed by atoms with van der Waals surface area (Å²) < 4.78 is 0. The maximum absolute atomic E-state index is 10.2. The molecule has 1 aliphatic rings. The van der Waals surface area contributed by atoms with Crippen LogP contribution in [-0.2, 0) is 4.79 Å². The number of aliphatic carboxylic acids is 1. The molecule has 0 aromatic carbocycles. The number of hydrogen-bond donors (Lipinski definition) is 2. The van der Waals surface area contributed by atoms with Crippen molar-refractivity contribution in [1.29, 1.82) is 0 Å². The van der Waals surface area contributed by atoms with Crippen LogP contribution in [0.3, 0.4) is 0 Å². The number of carboxylic acids is 1. The van der Waals surface area contributed by atoms with Crippen molar-refractivity contribution in [3.63, 3.8) is 0 Å². The second-order valence-electron chi connectivity index (χ2n) is 3.08. The minimum absolute atomic E-state index is 0.303. The molecule has 0 aromatic rings. The van der Waals surface area contributed by atoms with Gasteiger partial charge in [-0.2, -0.15) is 0 Å². The van der Waals surface area contributed by atoms with Crippen molar-refractivity contribution in [3.8, 4) is 0 Å². The van der Waals surface area contributed by atoms with Gasteiger partial charge in [0.15, 0.2) is 0 Å². The fraction of sp³-hybridized carbons (Fsp3) is 0.875. The highest BCUT2D eigenvalue weighted by Crippen LogP contribution is 2.11. The van der Waals surface area contributed by atoms with Gasteiger partial charge in [-0.3, -0.25) is 4.79 Å². The predicted octanol–water partition coefficient (Wildman–Crippen LogP) is 0.993. The van der Waals surface area contributed by atoms with E-state index in [0.717, 1.165) is 19.4 Å². The normalized spacial score (nSPS) is 24.9. The van der Waals surface area contributed by atoms with E-state index in [1.54, 1.807) is 0 Å². The second kappa shape index (κ2) is 4.34. The molecule has 0 amide bonds. The Morgan fingerprint density at radius 1 is 1.55 bits per heavy atom. The number of nitrogens with one attached hydrogen (secondary N) is 1. The van der Waals surface area contributed by atoms with Gasteiger partial charge in [0.05, 0.1) is 0 Å². The van der Waals surface area contributed by atoms with Gasteiger partial charge < -0.3 is 10.4 Å². The molecule has 1 saturated heterocycles. The highest BCUT2D eigenvalue weighted by Gasteiger charge is 2.12. The highest BCUT2D eigenvalue weighted by atomic mass is 16.4. The summed E-state index contributed by atoms with van der Waals surface area (Å²) in [7, 11) is 0. The number of rotatable bonds is 3. The maximum atomic E-state index is 10.2. The SMILES string of the molecule is O=C(O)CC[C@H]1CCCCN1. The van der Waals surface area contributed by atoms with Crippen molar-refractivity contribution in [2.75, 3.05) is 6.54 Å². The lowest BCUT2D eigenvalue weighted by atomic mass is 10.0. The summed E-state index contributed by atoms with van der Waals surface area (Å²) in [5.74, 6) is -0.683. The molecular weight excluding hydrogens is 142 g/mol. The van der Waals surface area contributed by atoms with Gasteiger partial charge in [-0.25, -0.2) is 0 Å². The van der Waals surface area contributed by atoms with E-state index in [0.29, 0.717) is 12.5 Å². The van der Waals surface area contributed by atoms with Gasteiger partial charge in [0.25, 0.3) is 0 Å². The molecule has 0 bridgehead atoms. The summed E-state index contributed by atoms with van der Waals surface area (Å²) >= 11 is 0. The zero-order valence-corrected chi connectivity index (χ0v) is 6.68. The van der Waals surface area contributed by atoms with Gasteiger partial charge >= 0.3 is 5.97 Å². The molecule has 1 rings (SSSR count). The van der Waals surface area contributed by atoms with Crippen molar-refractivity contribution >= 4 is 5.97 Å².